The van der Waals surface area contributed by atoms with Gasteiger partial charge in [-0.15, -0.1) is 0 Å². The van der Waals surface area contributed by atoms with Crippen molar-refractivity contribution in [3.05, 3.63) is 29.8 Å². The second-order valence-electron chi connectivity index (χ2n) is 6.67. The summed E-state index contributed by atoms with van der Waals surface area (Å²) in [6.07, 6.45) is 2.68. The molecule has 5 nitrogen and oxygen atoms in total. The molecule has 1 atom stereocenters. The first kappa shape index (κ1) is 18.3. The molecule has 0 aromatic heterocycles. The van der Waals surface area contributed by atoms with Gasteiger partial charge >= 0.3 is 0 Å². The van der Waals surface area contributed by atoms with Crippen LogP contribution in [0.25, 0.3) is 0 Å². The molecule has 1 aromatic carbocycles. The summed E-state index contributed by atoms with van der Waals surface area (Å²) in [6, 6.07) is 7.33. The van der Waals surface area contributed by atoms with Crippen LogP contribution < -0.4 is 10.1 Å². The predicted octanol–water partition coefficient (Wildman–Crippen LogP) is 2.85. The molecule has 0 bridgehead atoms. The third-order valence-corrected chi connectivity index (χ3v) is 4.20. The van der Waals surface area contributed by atoms with E-state index in [1.165, 1.54) is 0 Å². The molecule has 0 unspecified atom stereocenters. The van der Waals surface area contributed by atoms with E-state index in [4.69, 9.17) is 4.74 Å². The van der Waals surface area contributed by atoms with E-state index >= 15 is 0 Å². The van der Waals surface area contributed by atoms with E-state index < -0.39 is 0 Å². The molecule has 2 amide bonds. The van der Waals surface area contributed by atoms with Gasteiger partial charge < -0.3 is 15.0 Å². The minimum Gasteiger partial charge on any atom is -0.493 e. The molecule has 1 aromatic rings. The zero-order valence-corrected chi connectivity index (χ0v) is 14.9. The Bertz CT molecular complexity index is 554. The molecule has 0 saturated carbocycles. The smallest absolute Gasteiger partial charge is 0.251 e. The zero-order chi connectivity index (χ0) is 17.5. The maximum absolute atomic E-state index is 11.9. The Kier molecular flexibility index (Phi) is 6.64. The number of nitrogens with one attached hydrogen (secondary N) is 1. The Balaban J connectivity index is 1.84. The second kappa shape index (κ2) is 8.71. The summed E-state index contributed by atoms with van der Waals surface area (Å²) in [6.45, 7) is 8.02. The Morgan fingerprint density at radius 2 is 2.00 bits per heavy atom. The van der Waals surface area contributed by atoms with Gasteiger partial charge in [0.15, 0.2) is 0 Å². The van der Waals surface area contributed by atoms with E-state index in [-0.39, 0.29) is 17.9 Å². The molecular weight excluding hydrogens is 304 g/mol. The highest BCUT2D eigenvalue weighted by Gasteiger charge is 2.23. The summed E-state index contributed by atoms with van der Waals surface area (Å²) in [5.74, 6) is 1.28. The van der Waals surface area contributed by atoms with E-state index in [1.54, 1.807) is 12.1 Å². The largest absolute Gasteiger partial charge is 0.493 e. The van der Waals surface area contributed by atoms with Gasteiger partial charge in [0.1, 0.15) is 5.75 Å². The van der Waals surface area contributed by atoms with Gasteiger partial charge in [0.05, 0.1) is 6.61 Å². The summed E-state index contributed by atoms with van der Waals surface area (Å²) in [5.41, 5.74) is 0.633. The number of nitrogens with zero attached hydrogens (tertiary/aromatic N) is 1. The molecular formula is C19H28N2O3. The minimum absolute atomic E-state index is 0.0717. The third-order valence-electron chi connectivity index (χ3n) is 4.20. The van der Waals surface area contributed by atoms with Crippen LogP contribution in [-0.4, -0.2) is 42.5 Å². The SMILES string of the molecule is CCC(=O)N1CCC[C@@H](COc2ccc(C(=O)NC(C)C)cc2)C1. The number of piperidine rings is 1. The highest BCUT2D eigenvalue weighted by Crippen LogP contribution is 2.20. The quantitative estimate of drug-likeness (QED) is 0.871. The predicted molar refractivity (Wildman–Crippen MR) is 94.1 cm³/mol. The lowest BCUT2D eigenvalue weighted by Gasteiger charge is -2.32. The van der Waals surface area contributed by atoms with Crippen molar-refractivity contribution in [3.63, 3.8) is 0 Å². The lowest BCUT2D eigenvalue weighted by molar-refractivity contribution is -0.132. The van der Waals surface area contributed by atoms with Crippen LogP contribution in [-0.2, 0) is 4.79 Å². The number of ether oxygens (including phenoxy) is 1. The molecule has 1 saturated heterocycles. The first-order valence-corrected chi connectivity index (χ1v) is 8.81. The number of carbonyl (C=O) groups excluding carboxylic acids is 2. The second-order valence-corrected chi connectivity index (χ2v) is 6.67. The van der Waals surface area contributed by atoms with Crippen molar-refractivity contribution in [3.8, 4) is 5.75 Å². The fraction of sp³-hybridized carbons (Fsp3) is 0.579. The Labute approximate surface area is 144 Å². The van der Waals surface area contributed by atoms with E-state index in [0.717, 1.165) is 31.7 Å². The number of benzene rings is 1. The van der Waals surface area contributed by atoms with Gasteiger partial charge in [0.2, 0.25) is 5.91 Å². The normalized spacial score (nSPS) is 17.7. The van der Waals surface area contributed by atoms with Crippen molar-refractivity contribution < 1.29 is 14.3 Å². The van der Waals surface area contributed by atoms with E-state index in [0.29, 0.717) is 24.5 Å². The molecule has 1 aliphatic rings. The van der Waals surface area contributed by atoms with Crippen LogP contribution >= 0.6 is 0 Å². The van der Waals surface area contributed by atoms with Crippen LogP contribution in [0.5, 0.6) is 5.75 Å². The van der Waals surface area contributed by atoms with Gasteiger partial charge in [-0.3, -0.25) is 9.59 Å². The van der Waals surface area contributed by atoms with Gasteiger partial charge in [-0.1, -0.05) is 6.92 Å². The van der Waals surface area contributed by atoms with E-state index in [1.807, 2.05) is 37.8 Å². The fourth-order valence-corrected chi connectivity index (χ4v) is 2.91. The highest BCUT2D eigenvalue weighted by atomic mass is 16.5. The number of hydrogen-bond acceptors (Lipinski definition) is 3. The topological polar surface area (TPSA) is 58.6 Å². The van der Waals surface area contributed by atoms with Gasteiger partial charge in [0.25, 0.3) is 5.91 Å². The highest BCUT2D eigenvalue weighted by molar-refractivity contribution is 5.94. The van der Waals surface area contributed by atoms with Gasteiger partial charge in [-0.25, -0.2) is 0 Å². The van der Waals surface area contributed by atoms with Crippen LogP contribution in [0, 0.1) is 5.92 Å². The number of rotatable bonds is 6. The number of carbonyl (C=O) groups is 2. The molecule has 0 spiro atoms. The molecule has 0 radical (unpaired) electrons. The number of hydrogen-bond donors (Lipinski definition) is 1. The minimum atomic E-state index is -0.0717. The third kappa shape index (κ3) is 5.25. The summed E-state index contributed by atoms with van der Waals surface area (Å²) in [5, 5.41) is 2.87. The van der Waals surface area contributed by atoms with Crippen molar-refractivity contribution in [1.82, 2.24) is 10.2 Å². The standard InChI is InChI=1S/C19H28N2O3/c1-4-18(22)21-11-5-6-15(12-21)13-24-17-9-7-16(8-10-17)19(23)20-14(2)3/h7-10,14-15H,4-6,11-13H2,1-3H3,(H,20,23)/t15-/m1/s1. The monoisotopic (exact) mass is 332 g/mol. The van der Waals surface area contributed by atoms with Gasteiger partial charge in [-0.2, -0.15) is 0 Å². The van der Waals surface area contributed by atoms with Crippen molar-refractivity contribution in [2.24, 2.45) is 5.92 Å². The average molecular weight is 332 g/mol. The van der Waals surface area contributed by atoms with E-state index in [9.17, 15) is 9.59 Å². The van der Waals surface area contributed by atoms with Crippen molar-refractivity contribution >= 4 is 11.8 Å². The molecule has 5 heteroatoms. The lowest BCUT2D eigenvalue weighted by Crippen LogP contribution is -2.41. The maximum Gasteiger partial charge on any atom is 0.251 e. The van der Waals surface area contributed by atoms with Crippen LogP contribution in [0.4, 0.5) is 0 Å². The maximum atomic E-state index is 11.9. The van der Waals surface area contributed by atoms with Crippen LogP contribution in [0.2, 0.25) is 0 Å². The lowest BCUT2D eigenvalue weighted by atomic mass is 9.99. The van der Waals surface area contributed by atoms with Crippen LogP contribution in [0.1, 0.15) is 50.4 Å². The first-order chi connectivity index (χ1) is 11.5. The van der Waals surface area contributed by atoms with E-state index in [2.05, 4.69) is 5.32 Å². The van der Waals surface area contributed by atoms with Crippen LogP contribution in [0.15, 0.2) is 24.3 Å². The van der Waals surface area contributed by atoms with Crippen molar-refractivity contribution in [1.29, 1.82) is 0 Å². The average Bonchev–Trinajstić information content (AvgIpc) is 2.59. The molecule has 2 rings (SSSR count). The number of amides is 2. The van der Waals surface area contributed by atoms with Gasteiger partial charge in [0, 0.05) is 37.0 Å². The summed E-state index contributed by atoms with van der Waals surface area (Å²) in [4.78, 5) is 25.7. The summed E-state index contributed by atoms with van der Waals surface area (Å²) < 4.78 is 5.85. The zero-order valence-electron chi connectivity index (χ0n) is 14.9. The van der Waals surface area contributed by atoms with Crippen molar-refractivity contribution in [2.75, 3.05) is 19.7 Å². The molecule has 1 N–H and O–H groups in total. The molecule has 1 heterocycles. The van der Waals surface area contributed by atoms with Gasteiger partial charge in [-0.05, 0) is 51.0 Å². The Hall–Kier alpha value is -2.04. The Morgan fingerprint density at radius 3 is 2.62 bits per heavy atom. The summed E-state index contributed by atoms with van der Waals surface area (Å²) in [7, 11) is 0. The molecule has 24 heavy (non-hydrogen) atoms. The molecule has 0 aliphatic carbocycles. The first-order valence-electron chi connectivity index (χ1n) is 8.81. The van der Waals surface area contributed by atoms with Crippen LogP contribution in [0.3, 0.4) is 0 Å². The summed E-state index contributed by atoms with van der Waals surface area (Å²) >= 11 is 0. The fourth-order valence-electron chi connectivity index (χ4n) is 2.91. The Morgan fingerprint density at radius 1 is 1.29 bits per heavy atom. The molecule has 132 valence electrons. The number of likely N-dealkylation sites (tertiary alicyclic amines) is 1. The molecule has 1 fully saturated rings. The molecule has 1 aliphatic heterocycles. The van der Waals surface area contributed by atoms with Crippen molar-refractivity contribution in [2.45, 2.75) is 46.1 Å².